The summed E-state index contributed by atoms with van der Waals surface area (Å²) in [6, 6.07) is 6.07. The number of aromatic hydroxyl groups is 1. The molecule has 1 amide bonds. The Morgan fingerprint density at radius 1 is 1.12 bits per heavy atom. The number of carbonyl (C=O) groups is 1. The zero-order valence-corrected chi connectivity index (χ0v) is 13.0. The normalized spacial score (nSPS) is 15.3. The van der Waals surface area contributed by atoms with E-state index in [-0.39, 0.29) is 24.0 Å². The van der Waals surface area contributed by atoms with E-state index in [4.69, 9.17) is 0 Å². The van der Waals surface area contributed by atoms with Gasteiger partial charge in [-0.25, -0.2) is 14.4 Å². The molecule has 0 spiro atoms. The Morgan fingerprint density at radius 3 is 2.54 bits per heavy atom. The molecule has 24 heavy (non-hydrogen) atoms. The number of rotatable bonds is 4. The molecule has 2 N–H and O–H groups in total. The van der Waals surface area contributed by atoms with Crippen LogP contribution in [0.1, 0.15) is 0 Å². The fourth-order valence-electron chi connectivity index (χ4n) is 2.54. The third-order valence-electron chi connectivity index (χ3n) is 3.79. The standard InChI is InChI=1S/C16H18FN5O2/c17-12-1-4-15(19-9-12)22-7-5-21(6-8-22)11-16(24)20-14-3-2-13(23)10-18-14/h1-4,9-10,23H,5-8,11H2,(H,18,20,24). The summed E-state index contributed by atoms with van der Waals surface area (Å²) in [5, 5.41) is 11.9. The van der Waals surface area contributed by atoms with Crippen molar-refractivity contribution in [3.8, 4) is 5.75 Å². The Kier molecular flexibility index (Phi) is 4.85. The van der Waals surface area contributed by atoms with Crippen LogP contribution in [0.3, 0.4) is 0 Å². The summed E-state index contributed by atoms with van der Waals surface area (Å²) >= 11 is 0. The predicted octanol–water partition coefficient (Wildman–Crippen LogP) is 1.08. The number of nitrogens with zero attached hydrogens (tertiary/aromatic N) is 4. The molecule has 0 aromatic carbocycles. The van der Waals surface area contributed by atoms with Crippen molar-refractivity contribution in [2.45, 2.75) is 0 Å². The van der Waals surface area contributed by atoms with Gasteiger partial charge in [0.25, 0.3) is 0 Å². The van der Waals surface area contributed by atoms with Gasteiger partial charge in [0.2, 0.25) is 5.91 Å². The van der Waals surface area contributed by atoms with Crippen LogP contribution in [0, 0.1) is 5.82 Å². The first-order valence-corrected chi connectivity index (χ1v) is 7.64. The average Bonchev–Trinajstić information content (AvgIpc) is 2.58. The third-order valence-corrected chi connectivity index (χ3v) is 3.79. The molecule has 2 aromatic heterocycles. The minimum Gasteiger partial charge on any atom is -0.506 e. The van der Waals surface area contributed by atoms with Crippen molar-refractivity contribution in [1.82, 2.24) is 14.9 Å². The maximum Gasteiger partial charge on any atom is 0.239 e. The largest absolute Gasteiger partial charge is 0.506 e. The van der Waals surface area contributed by atoms with Crippen LogP contribution in [-0.2, 0) is 4.79 Å². The van der Waals surface area contributed by atoms with E-state index in [0.29, 0.717) is 5.82 Å². The molecule has 1 saturated heterocycles. The second-order valence-corrected chi connectivity index (χ2v) is 5.55. The van der Waals surface area contributed by atoms with Gasteiger partial charge >= 0.3 is 0 Å². The monoisotopic (exact) mass is 331 g/mol. The number of pyridine rings is 2. The van der Waals surface area contributed by atoms with Gasteiger partial charge in [0.1, 0.15) is 23.2 Å². The molecule has 0 saturated carbocycles. The van der Waals surface area contributed by atoms with Gasteiger partial charge in [0.15, 0.2) is 0 Å². The van der Waals surface area contributed by atoms with Crippen LogP contribution < -0.4 is 10.2 Å². The summed E-state index contributed by atoms with van der Waals surface area (Å²) in [6.07, 6.45) is 2.49. The smallest absolute Gasteiger partial charge is 0.239 e. The first-order chi connectivity index (χ1) is 11.6. The van der Waals surface area contributed by atoms with Crippen LogP contribution in [0.5, 0.6) is 5.75 Å². The number of hydrogen-bond acceptors (Lipinski definition) is 6. The quantitative estimate of drug-likeness (QED) is 0.873. The number of amides is 1. The minimum absolute atomic E-state index is 0.0542. The molecule has 7 nitrogen and oxygen atoms in total. The van der Waals surface area contributed by atoms with Crippen LogP contribution in [0.15, 0.2) is 36.7 Å². The molecule has 0 atom stereocenters. The zero-order valence-electron chi connectivity index (χ0n) is 13.0. The maximum atomic E-state index is 12.9. The van der Waals surface area contributed by atoms with Gasteiger partial charge in [0.05, 0.1) is 18.9 Å². The molecule has 0 bridgehead atoms. The van der Waals surface area contributed by atoms with Crippen molar-refractivity contribution in [3.63, 3.8) is 0 Å². The molecular formula is C16H18FN5O2. The number of nitrogens with one attached hydrogen (secondary N) is 1. The molecular weight excluding hydrogens is 313 g/mol. The number of halogens is 1. The molecule has 3 heterocycles. The van der Waals surface area contributed by atoms with E-state index in [2.05, 4.69) is 20.2 Å². The van der Waals surface area contributed by atoms with Gasteiger partial charge in [-0.2, -0.15) is 0 Å². The molecule has 1 fully saturated rings. The topological polar surface area (TPSA) is 81.6 Å². The van der Waals surface area contributed by atoms with Crippen molar-refractivity contribution >= 4 is 17.5 Å². The lowest BCUT2D eigenvalue weighted by molar-refractivity contribution is -0.117. The third kappa shape index (κ3) is 4.17. The van der Waals surface area contributed by atoms with Gasteiger partial charge < -0.3 is 15.3 Å². The highest BCUT2D eigenvalue weighted by Gasteiger charge is 2.20. The Morgan fingerprint density at radius 2 is 1.92 bits per heavy atom. The first-order valence-electron chi connectivity index (χ1n) is 7.64. The zero-order chi connectivity index (χ0) is 16.9. The number of anilines is 2. The van der Waals surface area contributed by atoms with Crippen LogP contribution >= 0.6 is 0 Å². The fraction of sp³-hybridized carbons (Fsp3) is 0.312. The SMILES string of the molecule is O=C(CN1CCN(c2ccc(F)cn2)CC1)Nc1ccc(O)cn1. The molecule has 0 aliphatic carbocycles. The van der Waals surface area contributed by atoms with E-state index < -0.39 is 0 Å². The number of hydrogen-bond donors (Lipinski definition) is 2. The molecule has 0 unspecified atom stereocenters. The number of aromatic nitrogens is 2. The predicted molar refractivity (Wildman–Crippen MR) is 87.4 cm³/mol. The lowest BCUT2D eigenvalue weighted by Crippen LogP contribution is -2.49. The molecule has 126 valence electrons. The van der Waals surface area contributed by atoms with Crippen molar-refractivity contribution in [2.75, 3.05) is 42.9 Å². The van der Waals surface area contributed by atoms with Crippen LogP contribution in [0.2, 0.25) is 0 Å². The van der Waals surface area contributed by atoms with E-state index in [1.165, 1.54) is 24.5 Å². The van der Waals surface area contributed by atoms with Crippen molar-refractivity contribution in [1.29, 1.82) is 0 Å². The van der Waals surface area contributed by atoms with E-state index in [1.54, 1.807) is 12.1 Å². The fourth-order valence-corrected chi connectivity index (χ4v) is 2.54. The molecule has 3 rings (SSSR count). The highest BCUT2D eigenvalue weighted by molar-refractivity contribution is 5.91. The van der Waals surface area contributed by atoms with Gasteiger partial charge in [-0.15, -0.1) is 0 Å². The summed E-state index contributed by atoms with van der Waals surface area (Å²) in [5.74, 6) is 0.706. The van der Waals surface area contributed by atoms with E-state index >= 15 is 0 Å². The van der Waals surface area contributed by atoms with E-state index in [9.17, 15) is 14.3 Å². The van der Waals surface area contributed by atoms with Crippen LogP contribution in [0.4, 0.5) is 16.0 Å². The van der Waals surface area contributed by atoms with Gasteiger partial charge in [-0.1, -0.05) is 0 Å². The highest BCUT2D eigenvalue weighted by atomic mass is 19.1. The van der Waals surface area contributed by atoms with Crippen LogP contribution in [0.25, 0.3) is 0 Å². The second kappa shape index (κ2) is 7.22. The summed E-state index contributed by atoms with van der Waals surface area (Å²) in [6.45, 7) is 3.16. The van der Waals surface area contributed by atoms with Gasteiger partial charge in [0, 0.05) is 26.2 Å². The Labute approximate surface area is 138 Å². The summed E-state index contributed by atoms with van der Waals surface area (Å²) < 4.78 is 12.9. The van der Waals surface area contributed by atoms with Crippen LogP contribution in [-0.4, -0.2) is 58.6 Å². The van der Waals surface area contributed by atoms with Gasteiger partial charge in [-0.3, -0.25) is 9.69 Å². The second-order valence-electron chi connectivity index (χ2n) is 5.55. The van der Waals surface area contributed by atoms with Crippen molar-refractivity contribution < 1.29 is 14.3 Å². The van der Waals surface area contributed by atoms with E-state index in [0.717, 1.165) is 32.0 Å². The average molecular weight is 331 g/mol. The van der Waals surface area contributed by atoms with Gasteiger partial charge in [-0.05, 0) is 24.3 Å². The van der Waals surface area contributed by atoms with Crippen molar-refractivity contribution in [3.05, 3.63) is 42.5 Å². The Bertz CT molecular complexity index is 685. The maximum absolute atomic E-state index is 12.9. The summed E-state index contributed by atoms with van der Waals surface area (Å²) in [7, 11) is 0. The first kappa shape index (κ1) is 16.1. The lowest BCUT2D eigenvalue weighted by Gasteiger charge is -2.34. The molecule has 1 aliphatic rings. The Balaban J connectivity index is 1.47. The van der Waals surface area contributed by atoms with E-state index in [1.807, 2.05) is 4.90 Å². The highest BCUT2D eigenvalue weighted by Crippen LogP contribution is 2.14. The molecule has 8 heteroatoms. The Hall–Kier alpha value is -2.74. The summed E-state index contributed by atoms with van der Waals surface area (Å²) in [5.41, 5.74) is 0. The lowest BCUT2D eigenvalue weighted by atomic mass is 10.3. The summed E-state index contributed by atoms with van der Waals surface area (Å²) in [4.78, 5) is 24.1. The number of carbonyl (C=O) groups excluding carboxylic acids is 1. The molecule has 0 radical (unpaired) electrons. The van der Waals surface area contributed by atoms with Crippen molar-refractivity contribution in [2.24, 2.45) is 0 Å². The number of piperazine rings is 1. The minimum atomic E-state index is -0.350. The molecule has 2 aromatic rings. The molecule has 1 aliphatic heterocycles.